The molecule has 3 nitrogen and oxygen atoms in total. The number of hydrogen-bond donors (Lipinski definition) is 0. The first-order chi connectivity index (χ1) is 11.8. The smallest absolute Gasteiger partial charge is 0.411 e. The molecule has 1 aliphatic heterocycles. The minimum Gasteiger partial charge on any atom is -0.436 e. The van der Waals surface area contributed by atoms with Gasteiger partial charge in [0.25, 0.3) is 0 Å². The van der Waals surface area contributed by atoms with Gasteiger partial charge in [0.2, 0.25) is 0 Å². The molecule has 0 N–H and O–H groups in total. The van der Waals surface area contributed by atoms with Crippen LogP contribution in [0.2, 0.25) is 5.02 Å². The van der Waals surface area contributed by atoms with Crippen LogP contribution >= 0.6 is 11.6 Å². The fourth-order valence-electron chi connectivity index (χ4n) is 2.98. The molecule has 7 heteroatoms. The lowest BCUT2D eigenvalue weighted by atomic mass is 9.90. The maximum atomic E-state index is 13.2. The Labute approximate surface area is 148 Å². The molecule has 1 saturated heterocycles. The van der Waals surface area contributed by atoms with E-state index in [1.165, 1.54) is 29.2 Å². The molecule has 1 fully saturated rings. The molecule has 1 heterocycles. The summed E-state index contributed by atoms with van der Waals surface area (Å²) in [5.74, 6) is 0. The molecule has 0 saturated carbocycles. The Morgan fingerprint density at radius 2 is 1.72 bits per heavy atom. The fourth-order valence-corrected chi connectivity index (χ4v) is 3.11. The van der Waals surface area contributed by atoms with Crippen LogP contribution in [0.5, 0.6) is 0 Å². The molecule has 1 amide bonds. The lowest BCUT2D eigenvalue weighted by Gasteiger charge is -2.28. The highest BCUT2D eigenvalue weighted by Gasteiger charge is 2.52. The van der Waals surface area contributed by atoms with Gasteiger partial charge in [-0.2, -0.15) is 13.2 Å². The van der Waals surface area contributed by atoms with Crippen molar-refractivity contribution in [3.8, 4) is 0 Å². The number of cyclic esters (lactones) is 1. The first kappa shape index (κ1) is 17.6. The molecule has 1 aliphatic rings. The van der Waals surface area contributed by atoms with Crippen molar-refractivity contribution in [1.82, 2.24) is 4.90 Å². The highest BCUT2D eigenvalue weighted by Crippen LogP contribution is 2.42. The van der Waals surface area contributed by atoms with Crippen LogP contribution in [0.4, 0.5) is 18.0 Å². The number of hydrogen-bond acceptors (Lipinski definition) is 2. The van der Waals surface area contributed by atoms with Crippen molar-refractivity contribution in [2.45, 2.75) is 24.7 Å². The topological polar surface area (TPSA) is 29.5 Å². The lowest BCUT2D eigenvalue weighted by molar-refractivity contribution is -0.171. The Kier molecular flexibility index (Phi) is 4.64. The summed E-state index contributed by atoms with van der Waals surface area (Å²) in [7, 11) is 0. The fraction of sp³-hybridized carbons (Fsp3) is 0.278. The van der Waals surface area contributed by atoms with E-state index in [4.69, 9.17) is 16.3 Å². The number of rotatable bonds is 4. The molecule has 1 unspecified atom stereocenters. The monoisotopic (exact) mass is 369 g/mol. The van der Waals surface area contributed by atoms with Crippen LogP contribution in [0, 0.1) is 0 Å². The Morgan fingerprint density at radius 1 is 1.08 bits per heavy atom. The molecule has 2 aromatic carbocycles. The summed E-state index contributed by atoms with van der Waals surface area (Å²) < 4.78 is 44.7. The minimum absolute atomic E-state index is 0.179. The molecule has 3 rings (SSSR count). The van der Waals surface area contributed by atoms with Crippen molar-refractivity contribution in [2.24, 2.45) is 0 Å². The predicted octanol–water partition coefficient (Wildman–Crippen LogP) is 5.14. The van der Waals surface area contributed by atoms with Gasteiger partial charge in [0.15, 0.2) is 5.60 Å². The van der Waals surface area contributed by atoms with E-state index in [0.29, 0.717) is 5.02 Å². The van der Waals surface area contributed by atoms with E-state index in [9.17, 15) is 18.0 Å². The maximum Gasteiger partial charge on any atom is 0.411 e. The standard InChI is InChI=1S/C18H15ClF3NO2/c19-15-8-6-14(7-9-15)17(11-18(20,21)22)12-23(16(24)25-17)10-13-4-2-1-3-5-13/h1-9H,10-12H2. The molecule has 0 bridgehead atoms. The number of carbonyl (C=O) groups is 1. The molecule has 25 heavy (non-hydrogen) atoms. The Bertz CT molecular complexity index is 749. The first-order valence-electron chi connectivity index (χ1n) is 7.62. The van der Waals surface area contributed by atoms with E-state index in [0.717, 1.165) is 5.56 Å². The van der Waals surface area contributed by atoms with E-state index in [-0.39, 0.29) is 18.7 Å². The van der Waals surface area contributed by atoms with E-state index in [2.05, 4.69) is 0 Å². The third-order valence-electron chi connectivity index (χ3n) is 4.06. The minimum atomic E-state index is -4.48. The highest BCUT2D eigenvalue weighted by atomic mass is 35.5. The Hall–Kier alpha value is -2.21. The van der Waals surface area contributed by atoms with Crippen LogP contribution < -0.4 is 0 Å². The first-order valence-corrected chi connectivity index (χ1v) is 8.00. The van der Waals surface area contributed by atoms with E-state index >= 15 is 0 Å². The SMILES string of the molecule is O=C1OC(CC(F)(F)F)(c2ccc(Cl)cc2)CN1Cc1ccccc1. The average molecular weight is 370 g/mol. The molecule has 0 aliphatic carbocycles. The zero-order valence-electron chi connectivity index (χ0n) is 13.1. The van der Waals surface area contributed by atoms with Crippen molar-refractivity contribution in [3.05, 3.63) is 70.7 Å². The van der Waals surface area contributed by atoms with Crippen molar-refractivity contribution in [1.29, 1.82) is 0 Å². The second-order valence-electron chi connectivity index (χ2n) is 6.00. The summed E-state index contributed by atoms with van der Waals surface area (Å²) >= 11 is 5.82. The summed E-state index contributed by atoms with van der Waals surface area (Å²) in [6.45, 7) is 0.00867. The summed E-state index contributed by atoms with van der Waals surface area (Å²) in [5.41, 5.74) is -0.675. The van der Waals surface area contributed by atoms with Gasteiger partial charge in [-0.25, -0.2) is 4.79 Å². The van der Waals surface area contributed by atoms with Crippen LogP contribution in [0.1, 0.15) is 17.5 Å². The van der Waals surface area contributed by atoms with Crippen LogP contribution in [0.3, 0.4) is 0 Å². The van der Waals surface area contributed by atoms with E-state index in [1.54, 1.807) is 24.3 Å². The normalized spacial score (nSPS) is 20.6. The third kappa shape index (κ3) is 4.07. The van der Waals surface area contributed by atoms with Crippen molar-refractivity contribution < 1.29 is 22.7 Å². The number of carbonyl (C=O) groups excluding carboxylic acids is 1. The van der Waals surface area contributed by atoms with Crippen LogP contribution in [0.25, 0.3) is 0 Å². The second-order valence-corrected chi connectivity index (χ2v) is 6.44. The molecular formula is C18H15ClF3NO2. The zero-order chi connectivity index (χ0) is 18.1. The third-order valence-corrected chi connectivity index (χ3v) is 4.31. The molecule has 1 atom stereocenters. The van der Waals surface area contributed by atoms with Crippen molar-refractivity contribution in [2.75, 3.05) is 6.54 Å². The highest BCUT2D eigenvalue weighted by molar-refractivity contribution is 6.30. The summed E-state index contributed by atoms with van der Waals surface area (Å²) in [5, 5.41) is 0.399. The molecular weight excluding hydrogens is 355 g/mol. The molecule has 132 valence electrons. The molecule has 0 spiro atoms. The average Bonchev–Trinajstić information content (AvgIpc) is 2.83. The number of benzene rings is 2. The summed E-state index contributed by atoms with van der Waals surface area (Å²) in [6, 6.07) is 15.0. The number of nitrogens with zero attached hydrogens (tertiary/aromatic N) is 1. The van der Waals surface area contributed by atoms with Crippen molar-refractivity contribution >= 4 is 17.7 Å². The largest absolute Gasteiger partial charge is 0.436 e. The van der Waals surface area contributed by atoms with Crippen LogP contribution in [-0.4, -0.2) is 23.7 Å². The van der Waals surface area contributed by atoms with Gasteiger partial charge in [-0.05, 0) is 23.3 Å². The maximum absolute atomic E-state index is 13.2. The Morgan fingerprint density at radius 3 is 2.32 bits per heavy atom. The van der Waals surface area contributed by atoms with Gasteiger partial charge in [-0.15, -0.1) is 0 Å². The van der Waals surface area contributed by atoms with Gasteiger partial charge in [0.05, 0.1) is 13.0 Å². The number of alkyl halides is 3. The van der Waals surface area contributed by atoms with Gasteiger partial charge >= 0.3 is 12.3 Å². The zero-order valence-corrected chi connectivity index (χ0v) is 13.8. The quantitative estimate of drug-likeness (QED) is 0.746. The van der Waals surface area contributed by atoms with Crippen molar-refractivity contribution in [3.63, 3.8) is 0 Å². The second kappa shape index (κ2) is 6.59. The molecule has 2 aromatic rings. The summed E-state index contributed by atoms with van der Waals surface area (Å²) in [6.07, 6.45) is -6.50. The molecule has 0 radical (unpaired) electrons. The van der Waals surface area contributed by atoms with E-state index in [1.807, 2.05) is 6.07 Å². The Balaban J connectivity index is 1.90. The van der Waals surface area contributed by atoms with Crippen LogP contribution in [-0.2, 0) is 16.9 Å². The number of amides is 1. The van der Waals surface area contributed by atoms with Gasteiger partial charge in [-0.3, -0.25) is 4.90 Å². The number of ether oxygens (including phenoxy) is 1. The summed E-state index contributed by atoms with van der Waals surface area (Å²) in [4.78, 5) is 13.5. The lowest BCUT2D eigenvalue weighted by Crippen LogP contribution is -2.36. The van der Waals surface area contributed by atoms with Gasteiger partial charge in [0.1, 0.15) is 0 Å². The van der Waals surface area contributed by atoms with E-state index < -0.39 is 24.3 Å². The van der Waals surface area contributed by atoms with Crippen LogP contribution in [0.15, 0.2) is 54.6 Å². The van der Waals surface area contributed by atoms with Gasteiger partial charge < -0.3 is 4.74 Å². The molecule has 0 aromatic heterocycles. The van der Waals surface area contributed by atoms with Gasteiger partial charge in [-0.1, -0.05) is 54.1 Å². The van der Waals surface area contributed by atoms with Gasteiger partial charge in [0, 0.05) is 11.6 Å². The number of halogens is 4. The predicted molar refractivity (Wildman–Crippen MR) is 87.1 cm³/mol.